The van der Waals surface area contributed by atoms with Crippen LogP contribution in [-0.2, 0) is 62.5 Å². The second-order valence-corrected chi connectivity index (χ2v) is 29.6. The Balaban J connectivity index is 0.000000184. The Morgan fingerprint density at radius 1 is 0.500 bits per heavy atom. The fraction of sp³-hybridized carbons (Fsp3) is 0.301. The number of nitrogens with one attached hydrogen (secondary N) is 4. The molecule has 3 fully saturated rings. The van der Waals surface area contributed by atoms with Crippen molar-refractivity contribution in [3.8, 4) is 17.2 Å². The summed E-state index contributed by atoms with van der Waals surface area (Å²) in [5.41, 5.74) is 15.7. The monoisotopic (exact) mass is 1770 g/mol. The van der Waals surface area contributed by atoms with Crippen molar-refractivity contribution in [2.75, 3.05) is 83.6 Å². The lowest BCUT2D eigenvalue weighted by atomic mass is 10.1. The predicted octanol–water partition coefficient (Wildman–Crippen LogP) is 11.9. The van der Waals surface area contributed by atoms with Crippen LogP contribution >= 0.6 is 49.9 Å². The molecule has 0 aliphatic carbocycles. The number of aromatic nitrogens is 14. The number of benzene rings is 3. The second kappa shape index (κ2) is 43.6. The molecule has 3 aromatic carbocycles. The maximum Gasteiger partial charge on any atom is 0.573 e. The van der Waals surface area contributed by atoms with Crippen LogP contribution in [0.25, 0.3) is 0 Å². The number of alkyl halides is 10. The molecule has 45 heteroatoms. The van der Waals surface area contributed by atoms with Crippen molar-refractivity contribution < 1.29 is 88.6 Å². The third-order valence-electron chi connectivity index (χ3n) is 16.4. The number of amides is 3. The van der Waals surface area contributed by atoms with E-state index in [1.54, 1.807) is 73.1 Å². The van der Waals surface area contributed by atoms with E-state index in [0.717, 1.165) is 88.5 Å². The summed E-state index contributed by atoms with van der Waals surface area (Å²) in [6, 6.07) is 36.8. The molecule has 11 aromatic rings. The lowest BCUT2D eigenvalue weighted by Gasteiger charge is -2.14. The number of nitrogens with two attached hydrogens (primary N) is 2. The van der Waals surface area contributed by atoms with E-state index >= 15 is 0 Å². The summed E-state index contributed by atoms with van der Waals surface area (Å²) in [4.78, 5) is 71.5. The molecule has 3 unspecified atom stereocenters. The van der Waals surface area contributed by atoms with Gasteiger partial charge >= 0.3 is 25.1 Å². The quantitative estimate of drug-likeness (QED) is 0.0292. The number of aliphatic carboxylic acids is 1. The van der Waals surface area contributed by atoms with Crippen molar-refractivity contribution in [1.29, 1.82) is 0 Å². The van der Waals surface area contributed by atoms with Crippen LogP contribution < -0.4 is 56.7 Å². The predicted molar refractivity (Wildman–Crippen MR) is 417 cm³/mol. The van der Waals surface area contributed by atoms with Crippen molar-refractivity contribution >= 4 is 117 Å². The Kier molecular flexibility index (Phi) is 32.6. The molecule has 0 saturated carbocycles. The van der Waals surface area contributed by atoms with Gasteiger partial charge in [0, 0.05) is 75.0 Å². The molecule has 11 heterocycles. The van der Waals surface area contributed by atoms with Gasteiger partial charge in [0.25, 0.3) is 0 Å². The molecular formula is C73H71BrF10N22O9S3. The number of ether oxygens (including phenoxy) is 3. The molecule has 3 amide bonds. The highest BCUT2D eigenvalue weighted by atomic mass is 79.9. The van der Waals surface area contributed by atoms with Gasteiger partial charge in [-0.05, 0) is 155 Å². The van der Waals surface area contributed by atoms with Crippen molar-refractivity contribution in [3.05, 3.63) is 212 Å². The van der Waals surface area contributed by atoms with Crippen molar-refractivity contribution in [2.45, 2.75) is 94.6 Å². The molecule has 3 saturated heterocycles. The molecule has 0 spiro atoms. The van der Waals surface area contributed by atoms with Crippen LogP contribution in [0.5, 0.6) is 17.2 Å². The SMILES string of the molecule is Nc1nnc(Br)s1.Nc1nnc(N2CCC(c3ccc(NC(=O)Cc4cccc(OC(F)(F)F)c4)nn3)C2)s1.O=C(Cc1cccc(OC(F)(F)F)c1)Nc1ccc(C2CCNC2)nn1.O=C(Cc1ccccn1)Cc1nnc(N2CCC(c3ccc(NC(=O)Cc4cccc(OC(F)(F)F)c4)nn3)C2)s1.O=C(O)Cc1ccccn1.[2H]CF. The first kappa shape index (κ1) is 88.1. The standard InChI is InChI=1S/C27H24F3N7O3S.C19H18F3N7O2S.C17H17F3N4O2.C7H7NO2.C2H2BrN3S.CH3F/c28-27(29,30)40-21-6-3-4-17(12-21)13-24(39)32-23-8-7-22(33-34-23)18-9-11-37(16-18)26-36-35-25(41-26)15-20(38)14-19-5-1-2-10-31-19;20-19(21,22)31-13-3-1-2-11(8-13)9-16(30)24-15-5-4-14(25-26-15)12-6-7-29(10-12)18-28-27-17(23)32-18;18-17(19,20)26-13-3-1-2-11(8-13)9-16(25)22-15-5-4-14(23-24-15)12-6-7-21-10-12;9-7(10)5-6-3-1-2-4-8-6;3-1-5-6-2(4)7-1;1-2/h1-8,10,12,18H,9,11,13-16H2,(H,32,34,39);1-5,8,12H,6-7,9-10H2,(H2,23,27)(H,24,26,30);1-5,8,12,21H,6-7,9-10H2,(H,22,24,25);1-4H,5H2,(H,9,10);(H2,4,6);1H3/i;;;;;1D. The highest BCUT2D eigenvalue weighted by molar-refractivity contribution is 9.11. The van der Waals surface area contributed by atoms with Crippen LogP contribution in [0.1, 0.15) is 88.6 Å². The lowest BCUT2D eigenvalue weighted by molar-refractivity contribution is -0.275. The van der Waals surface area contributed by atoms with E-state index in [9.17, 15) is 67.9 Å². The van der Waals surface area contributed by atoms with Gasteiger partial charge in [-0.2, -0.15) is 15.3 Å². The Hall–Kier alpha value is -12.2. The number of Topliss-reactive ketones (excluding diaryl/α,β-unsaturated/α-hetero) is 1. The van der Waals surface area contributed by atoms with Crippen LogP contribution in [0.3, 0.4) is 0 Å². The molecular weight excluding hydrogens is 1700 g/mol. The van der Waals surface area contributed by atoms with Crippen LogP contribution in [-0.4, -0.2) is 171 Å². The highest BCUT2D eigenvalue weighted by Gasteiger charge is 2.34. The zero-order valence-corrected chi connectivity index (χ0v) is 65.5. The van der Waals surface area contributed by atoms with E-state index in [2.05, 4.69) is 132 Å². The van der Waals surface area contributed by atoms with E-state index in [4.69, 9.17) is 17.9 Å². The van der Waals surface area contributed by atoms with Crippen LogP contribution in [0.15, 0.2) is 162 Å². The van der Waals surface area contributed by atoms with Crippen molar-refractivity contribution in [1.82, 2.24) is 76.5 Å². The number of halogens is 11. The first-order valence-corrected chi connectivity index (χ1v) is 38.3. The highest BCUT2D eigenvalue weighted by Crippen LogP contribution is 2.35. The molecule has 0 bridgehead atoms. The molecule has 31 nitrogen and oxygen atoms in total. The Morgan fingerprint density at radius 3 is 1.26 bits per heavy atom. The normalized spacial score (nSPS) is 14.9. The van der Waals surface area contributed by atoms with Gasteiger partial charge in [0.2, 0.25) is 38.2 Å². The second-order valence-electron chi connectivity index (χ2n) is 25.2. The zero-order chi connectivity index (χ0) is 85.5. The summed E-state index contributed by atoms with van der Waals surface area (Å²) in [6.07, 6.45) is -8.38. The Bertz CT molecular complexity index is 5040. The van der Waals surface area contributed by atoms with Gasteiger partial charge in [-0.15, -0.1) is 85.4 Å². The molecule has 3 atom stereocenters. The van der Waals surface area contributed by atoms with Crippen LogP contribution in [0.4, 0.5) is 81.9 Å². The fourth-order valence-corrected chi connectivity index (χ4v) is 13.9. The number of anilines is 7. The van der Waals surface area contributed by atoms with Gasteiger partial charge in [-0.1, -0.05) is 82.5 Å². The number of carboxylic acid groups (broad SMARTS) is 1. The van der Waals surface area contributed by atoms with Gasteiger partial charge < -0.3 is 61.9 Å². The van der Waals surface area contributed by atoms with Crippen LogP contribution in [0, 0.1) is 0 Å². The van der Waals surface area contributed by atoms with Crippen LogP contribution in [0.2, 0.25) is 0 Å². The molecule has 118 heavy (non-hydrogen) atoms. The van der Waals surface area contributed by atoms with Gasteiger partial charge in [-0.25, -0.2) is 0 Å². The van der Waals surface area contributed by atoms with Gasteiger partial charge in [0.15, 0.2) is 21.4 Å². The van der Waals surface area contributed by atoms with E-state index in [1.807, 2.05) is 18.2 Å². The fourth-order valence-electron chi connectivity index (χ4n) is 11.4. The topological polar surface area (TPSA) is 420 Å². The summed E-state index contributed by atoms with van der Waals surface area (Å²) in [7, 11) is -1.00. The third kappa shape index (κ3) is 31.4. The van der Waals surface area contributed by atoms with Crippen molar-refractivity contribution in [3.63, 3.8) is 0 Å². The Labute approximate surface area is 686 Å². The summed E-state index contributed by atoms with van der Waals surface area (Å²) in [5, 5.41) is 70.6. The minimum atomic E-state index is -4.81. The molecule has 622 valence electrons. The number of nitrogen functional groups attached to an aromatic ring is 2. The number of carboxylic acids is 1. The lowest BCUT2D eigenvalue weighted by Crippen LogP contribution is -2.19. The molecule has 3 aliphatic rings. The number of rotatable bonds is 23. The summed E-state index contributed by atoms with van der Waals surface area (Å²) < 4.78 is 139. The number of hydrogen-bond acceptors (Lipinski definition) is 30. The molecule has 14 rings (SSSR count). The summed E-state index contributed by atoms with van der Waals surface area (Å²) in [5.74, 6) is -1.87. The number of carbonyl (C=O) groups excluding carboxylic acids is 4. The number of carbonyl (C=O) groups is 5. The van der Waals surface area contributed by atoms with Gasteiger partial charge in [0.05, 0.1) is 63.4 Å². The number of pyridine rings is 2. The maximum atomic E-state index is 12.4. The van der Waals surface area contributed by atoms with Gasteiger partial charge in [-0.3, -0.25) is 38.3 Å². The molecule has 0 radical (unpaired) electrons. The van der Waals surface area contributed by atoms with E-state index in [0.29, 0.717) is 62.5 Å². The maximum absolute atomic E-state index is 12.4. The minimum absolute atomic E-state index is 0.000833. The first-order valence-electron chi connectivity index (χ1n) is 35.7. The minimum Gasteiger partial charge on any atom is -0.481 e. The summed E-state index contributed by atoms with van der Waals surface area (Å²) >= 11 is 7.14. The summed E-state index contributed by atoms with van der Waals surface area (Å²) in [6.45, 7) is 4.73. The smallest absolute Gasteiger partial charge is 0.481 e. The van der Waals surface area contributed by atoms with E-state index in [-0.39, 0.29) is 79.3 Å². The number of nitrogens with zero attached hydrogens (tertiary/aromatic N) is 16. The zero-order valence-electron chi connectivity index (χ0n) is 62.5. The van der Waals surface area contributed by atoms with Gasteiger partial charge in [0.1, 0.15) is 28.0 Å². The first-order chi connectivity index (χ1) is 56.8. The molecule has 8 aromatic heterocycles. The number of ketones is 1. The molecule has 3 aliphatic heterocycles. The molecule has 9 N–H and O–H groups in total. The average molecular weight is 1770 g/mol. The number of hydrogen-bond donors (Lipinski definition) is 7. The largest absolute Gasteiger partial charge is 0.573 e. The van der Waals surface area contributed by atoms with E-state index < -0.39 is 55.7 Å². The average Bonchev–Trinajstić information content (AvgIpc) is 1.19. The third-order valence-corrected chi connectivity index (χ3v) is 19.4. The van der Waals surface area contributed by atoms with Crippen molar-refractivity contribution in [2.24, 2.45) is 0 Å². The van der Waals surface area contributed by atoms with E-state index in [1.165, 1.54) is 94.7 Å². The Morgan fingerprint density at radius 2 is 0.915 bits per heavy atom.